The minimum atomic E-state index is -4.32. The summed E-state index contributed by atoms with van der Waals surface area (Å²) in [7, 11) is -4.32. The molecule has 188 valence electrons. The Kier molecular flexibility index (Phi) is 7.80. The zero-order valence-corrected chi connectivity index (χ0v) is 20.0. The number of hydrogen-bond donors (Lipinski definition) is 1. The van der Waals surface area contributed by atoms with E-state index in [2.05, 4.69) is 0 Å². The molecule has 1 heterocycles. The summed E-state index contributed by atoms with van der Waals surface area (Å²) in [6.45, 7) is 1.36. The normalized spacial score (nSPS) is 21.9. The molecule has 0 bridgehead atoms. The van der Waals surface area contributed by atoms with Crippen LogP contribution in [0.5, 0.6) is 0 Å². The number of benzene rings is 3. The number of carbonyl (C=O) groups excluding carboxylic acids is 2. The average molecular weight is 513 g/mol. The van der Waals surface area contributed by atoms with Gasteiger partial charge in [-0.25, -0.2) is 9.59 Å². The monoisotopic (exact) mass is 512 g/mol. The van der Waals surface area contributed by atoms with Crippen LogP contribution in [-0.4, -0.2) is 56.7 Å². The molecular weight excluding hydrogens is 488 g/mol. The Hall–Kier alpha value is -3.57. The lowest BCUT2D eigenvalue weighted by Gasteiger charge is -2.38. The summed E-state index contributed by atoms with van der Waals surface area (Å²) in [6, 6.07) is 21.9. The lowest BCUT2D eigenvalue weighted by atomic mass is 10.0. The van der Waals surface area contributed by atoms with Gasteiger partial charge in [-0.15, -0.1) is 0 Å². The van der Waals surface area contributed by atoms with Gasteiger partial charge >= 0.3 is 11.9 Å². The molecule has 0 radical (unpaired) electrons. The molecule has 10 heteroatoms. The third-order valence-electron chi connectivity index (χ3n) is 5.47. The fraction of sp³-hybridized carbons (Fsp3) is 0.231. The van der Waals surface area contributed by atoms with Gasteiger partial charge in [0.2, 0.25) is 0 Å². The highest BCUT2D eigenvalue weighted by atomic mass is 32.2. The van der Waals surface area contributed by atoms with Crippen molar-refractivity contribution in [2.75, 3.05) is 6.61 Å². The smallest absolute Gasteiger partial charge is 0.338 e. The van der Waals surface area contributed by atoms with Crippen LogP contribution in [0.4, 0.5) is 0 Å². The van der Waals surface area contributed by atoms with Gasteiger partial charge in [-0.2, -0.15) is 8.42 Å². The molecule has 0 spiro atoms. The van der Waals surface area contributed by atoms with Crippen LogP contribution in [0.15, 0.2) is 89.8 Å². The van der Waals surface area contributed by atoms with E-state index >= 15 is 0 Å². The van der Waals surface area contributed by atoms with E-state index < -0.39 is 53.3 Å². The van der Waals surface area contributed by atoms with Crippen LogP contribution < -0.4 is 0 Å². The molecule has 0 amide bonds. The molecule has 1 aliphatic rings. The highest BCUT2D eigenvalue weighted by Gasteiger charge is 2.48. The highest BCUT2D eigenvalue weighted by molar-refractivity contribution is 7.86. The molecule has 0 aliphatic carbocycles. The van der Waals surface area contributed by atoms with Gasteiger partial charge in [0.1, 0.15) is 6.10 Å². The Bertz CT molecular complexity index is 1290. The van der Waals surface area contributed by atoms with E-state index in [0.717, 1.165) is 5.56 Å². The summed E-state index contributed by atoms with van der Waals surface area (Å²) < 4.78 is 47.6. The van der Waals surface area contributed by atoms with Crippen molar-refractivity contribution in [1.29, 1.82) is 0 Å². The van der Waals surface area contributed by atoms with Crippen molar-refractivity contribution in [2.24, 2.45) is 0 Å². The van der Waals surface area contributed by atoms with E-state index in [0.29, 0.717) is 0 Å². The zero-order chi connectivity index (χ0) is 25.7. The van der Waals surface area contributed by atoms with Crippen molar-refractivity contribution < 1.29 is 41.5 Å². The topological polar surface area (TPSA) is 125 Å². The van der Waals surface area contributed by atoms with E-state index in [9.17, 15) is 23.1 Å². The summed E-state index contributed by atoms with van der Waals surface area (Å²) >= 11 is 0. The van der Waals surface area contributed by atoms with Crippen LogP contribution in [0.25, 0.3) is 0 Å². The van der Waals surface area contributed by atoms with Crippen molar-refractivity contribution in [3.05, 3.63) is 102 Å². The second kappa shape index (κ2) is 11.0. The van der Waals surface area contributed by atoms with Crippen molar-refractivity contribution in [3.63, 3.8) is 0 Å². The molecule has 0 saturated carbocycles. The average Bonchev–Trinajstić information content (AvgIpc) is 2.88. The van der Waals surface area contributed by atoms with E-state index in [1.807, 2.05) is 0 Å². The number of carbonyl (C=O) groups is 2. The van der Waals surface area contributed by atoms with Gasteiger partial charge in [-0.05, 0) is 43.3 Å². The van der Waals surface area contributed by atoms with Crippen molar-refractivity contribution in [3.8, 4) is 0 Å². The molecule has 4 atom stereocenters. The molecule has 36 heavy (non-hydrogen) atoms. The highest BCUT2D eigenvalue weighted by Crippen LogP contribution is 2.27. The standard InChI is InChI=1S/C26H24O9S/c1-17-12-14-20(15-13-17)36(30,31)35-21-16-32-26(29)23(34-25(28)19-10-6-3-7-11-19)22(21)33-24(27)18-8-4-2-5-9-18/h2-15,21-23,26,29H,16H2,1H3/t21-,22-,23-,26+/m1/s1. The minimum absolute atomic E-state index is 0.120. The van der Waals surface area contributed by atoms with Gasteiger partial charge in [-0.3, -0.25) is 4.18 Å². The van der Waals surface area contributed by atoms with Crippen LogP contribution in [0, 0.1) is 6.92 Å². The third-order valence-corrected chi connectivity index (χ3v) is 6.82. The lowest BCUT2D eigenvalue weighted by Crippen LogP contribution is -2.57. The van der Waals surface area contributed by atoms with Gasteiger partial charge in [0, 0.05) is 0 Å². The number of esters is 2. The first-order valence-electron chi connectivity index (χ1n) is 11.1. The number of aryl methyl sites for hydroxylation is 1. The molecule has 1 aliphatic heterocycles. The Morgan fingerprint density at radius 1 is 0.806 bits per heavy atom. The molecule has 1 saturated heterocycles. The predicted octanol–water partition coefficient (Wildman–Crippen LogP) is 2.87. The first-order valence-corrected chi connectivity index (χ1v) is 12.5. The van der Waals surface area contributed by atoms with E-state index in [1.165, 1.54) is 36.4 Å². The Labute approximate surface area is 208 Å². The summed E-state index contributed by atoms with van der Waals surface area (Å²) in [4.78, 5) is 25.4. The second-order valence-corrected chi connectivity index (χ2v) is 9.67. The summed E-state index contributed by atoms with van der Waals surface area (Å²) in [5.74, 6) is -1.65. The van der Waals surface area contributed by atoms with Crippen molar-refractivity contribution in [2.45, 2.75) is 36.4 Å². The molecule has 1 N–H and O–H groups in total. The molecule has 3 aromatic carbocycles. The van der Waals surface area contributed by atoms with Crippen LogP contribution in [-0.2, 0) is 28.5 Å². The molecule has 0 aromatic heterocycles. The van der Waals surface area contributed by atoms with Crippen molar-refractivity contribution in [1.82, 2.24) is 0 Å². The maximum absolute atomic E-state index is 13.0. The summed E-state index contributed by atoms with van der Waals surface area (Å²) in [5, 5.41) is 10.5. The van der Waals surface area contributed by atoms with E-state index in [1.54, 1.807) is 55.5 Å². The molecule has 3 aromatic rings. The number of ether oxygens (including phenoxy) is 3. The molecule has 1 fully saturated rings. The Morgan fingerprint density at radius 2 is 1.31 bits per heavy atom. The zero-order valence-electron chi connectivity index (χ0n) is 19.2. The quantitative estimate of drug-likeness (QED) is 0.376. The number of hydrogen-bond acceptors (Lipinski definition) is 9. The van der Waals surface area contributed by atoms with Crippen LogP contribution in [0.3, 0.4) is 0 Å². The Morgan fingerprint density at radius 3 is 1.83 bits per heavy atom. The van der Waals surface area contributed by atoms with Crippen molar-refractivity contribution >= 4 is 22.1 Å². The number of aliphatic hydroxyl groups is 1. The Balaban J connectivity index is 1.63. The number of aliphatic hydroxyl groups excluding tert-OH is 1. The van der Waals surface area contributed by atoms with Gasteiger partial charge in [0.15, 0.2) is 18.5 Å². The van der Waals surface area contributed by atoms with Gasteiger partial charge in [0.25, 0.3) is 10.1 Å². The maximum atomic E-state index is 13.0. The van der Waals surface area contributed by atoms with Gasteiger partial charge in [0.05, 0.1) is 22.6 Å². The third kappa shape index (κ3) is 5.97. The van der Waals surface area contributed by atoms with Crippen LogP contribution >= 0.6 is 0 Å². The SMILES string of the molecule is Cc1ccc(S(=O)(=O)O[C@@H]2CO[C@H](O)[C@H](OC(=O)c3ccccc3)[C@@H]2OC(=O)c2ccccc2)cc1. The summed E-state index contributed by atoms with van der Waals surface area (Å²) in [6.07, 6.45) is -6.19. The minimum Gasteiger partial charge on any atom is -0.452 e. The fourth-order valence-corrected chi connectivity index (χ4v) is 4.63. The molecular formula is C26H24O9S. The molecule has 0 unspecified atom stereocenters. The lowest BCUT2D eigenvalue weighted by molar-refractivity contribution is -0.246. The second-order valence-electron chi connectivity index (χ2n) is 8.10. The largest absolute Gasteiger partial charge is 0.452 e. The maximum Gasteiger partial charge on any atom is 0.338 e. The van der Waals surface area contributed by atoms with Gasteiger partial charge in [-0.1, -0.05) is 54.1 Å². The molecule has 4 rings (SSSR count). The number of rotatable bonds is 7. The van der Waals surface area contributed by atoms with E-state index in [4.69, 9.17) is 18.4 Å². The van der Waals surface area contributed by atoms with Gasteiger partial charge < -0.3 is 19.3 Å². The molecule has 9 nitrogen and oxygen atoms in total. The first-order chi connectivity index (χ1) is 17.2. The van der Waals surface area contributed by atoms with E-state index in [-0.39, 0.29) is 16.0 Å². The summed E-state index contributed by atoms with van der Waals surface area (Å²) in [5.41, 5.74) is 1.19. The van der Waals surface area contributed by atoms with Crippen LogP contribution in [0.2, 0.25) is 0 Å². The predicted molar refractivity (Wildman–Crippen MR) is 126 cm³/mol. The first kappa shape index (κ1) is 25.5. The fourth-order valence-electron chi connectivity index (χ4n) is 3.56. The van der Waals surface area contributed by atoms with Crippen LogP contribution in [0.1, 0.15) is 26.3 Å².